The van der Waals surface area contributed by atoms with Gasteiger partial charge in [-0.15, -0.1) is 0 Å². The number of nitrogens with one attached hydrogen (secondary N) is 1. The molecule has 1 aromatic heterocycles. The third-order valence-electron chi connectivity index (χ3n) is 3.29. The number of aromatic nitrogens is 2. The van der Waals surface area contributed by atoms with E-state index in [1.165, 1.54) is 4.68 Å². The maximum absolute atomic E-state index is 12.4. The number of hydrogen-bond donors (Lipinski definition) is 1. The van der Waals surface area contributed by atoms with Gasteiger partial charge in [-0.3, -0.25) is 4.68 Å². The van der Waals surface area contributed by atoms with Crippen LogP contribution in [-0.2, 0) is 17.5 Å². The van der Waals surface area contributed by atoms with Gasteiger partial charge < -0.3 is 10.1 Å². The van der Waals surface area contributed by atoms with Crippen molar-refractivity contribution in [1.29, 1.82) is 0 Å². The summed E-state index contributed by atoms with van der Waals surface area (Å²) in [5, 5.41) is 6.96. The van der Waals surface area contributed by atoms with Crippen LogP contribution < -0.4 is 5.32 Å². The second-order valence-electron chi connectivity index (χ2n) is 4.78. The summed E-state index contributed by atoms with van der Waals surface area (Å²) in [4.78, 5) is 0. The molecule has 0 amide bonds. The first-order valence-electron chi connectivity index (χ1n) is 6.41. The minimum atomic E-state index is -4.32. The van der Waals surface area contributed by atoms with E-state index >= 15 is 0 Å². The molecule has 1 N–H and O–H groups in total. The Balaban J connectivity index is 1.74. The molecule has 1 saturated heterocycles. The van der Waals surface area contributed by atoms with E-state index in [9.17, 15) is 13.2 Å². The molecule has 2 unspecified atom stereocenters. The summed E-state index contributed by atoms with van der Waals surface area (Å²) in [6, 6.07) is 0.208. The lowest BCUT2D eigenvalue weighted by Gasteiger charge is -2.19. The number of hydrogen-bond acceptors (Lipinski definition) is 3. The first kappa shape index (κ1) is 14.3. The van der Waals surface area contributed by atoms with Gasteiger partial charge in [0.2, 0.25) is 0 Å². The molecule has 108 valence electrons. The highest BCUT2D eigenvalue weighted by molar-refractivity contribution is 5.08. The van der Waals surface area contributed by atoms with Crippen LogP contribution in [0.2, 0.25) is 0 Å². The molecule has 2 heterocycles. The zero-order valence-corrected chi connectivity index (χ0v) is 10.8. The Morgan fingerprint density at radius 2 is 2.37 bits per heavy atom. The summed E-state index contributed by atoms with van der Waals surface area (Å²) in [7, 11) is 0. The molecule has 2 rings (SSSR count). The van der Waals surface area contributed by atoms with Crippen molar-refractivity contribution in [3.05, 3.63) is 18.0 Å². The first-order chi connectivity index (χ1) is 8.97. The van der Waals surface area contributed by atoms with Crippen LogP contribution in [0.5, 0.6) is 0 Å². The van der Waals surface area contributed by atoms with Crippen LogP contribution in [0.3, 0.4) is 0 Å². The third kappa shape index (κ3) is 3.94. The fourth-order valence-corrected chi connectivity index (χ4v) is 2.17. The topological polar surface area (TPSA) is 39.1 Å². The van der Waals surface area contributed by atoms with Gasteiger partial charge in [0.25, 0.3) is 0 Å². The van der Waals surface area contributed by atoms with E-state index in [-0.39, 0.29) is 12.1 Å². The number of ether oxygens (including phenoxy) is 1. The van der Waals surface area contributed by atoms with Crippen LogP contribution in [0, 0.1) is 0 Å². The van der Waals surface area contributed by atoms with Gasteiger partial charge in [-0.1, -0.05) is 0 Å². The van der Waals surface area contributed by atoms with Crippen LogP contribution in [0.4, 0.5) is 13.2 Å². The zero-order valence-electron chi connectivity index (χ0n) is 10.8. The average molecular weight is 277 g/mol. The molecule has 1 fully saturated rings. The van der Waals surface area contributed by atoms with Crippen LogP contribution in [0.15, 0.2) is 12.4 Å². The zero-order chi connectivity index (χ0) is 13.9. The molecule has 0 bridgehead atoms. The van der Waals surface area contributed by atoms with Crippen molar-refractivity contribution in [3.63, 3.8) is 0 Å². The Labute approximate surface area is 109 Å². The fraction of sp³-hybridized carbons (Fsp3) is 0.750. The molecule has 1 aliphatic heterocycles. The quantitative estimate of drug-likeness (QED) is 0.895. The Bertz CT molecular complexity index is 399. The molecular formula is C12H18F3N3O. The van der Waals surface area contributed by atoms with Crippen molar-refractivity contribution in [3.8, 4) is 0 Å². The van der Waals surface area contributed by atoms with Crippen LogP contribution in [0.25, 0.3) is 0 Å². The van der Waals surface area contributed by atoms with E-state index < -0.39 is 11.7 Å². The predicted octanol–water partition coefficient (Wildman–Crippen LogP) is 2.06. The van der Waals surface area contributed by atoms with Crippen LogP contribution >= 0.6 is 0 Å². The van der Waals surface area contributed by atoms with E-state index in [0.29, 0.717) is 13.1 Å². The highest BCUT2D eigenvalue weighted by atomic mass is 19.4. The van der Waals surface area contributed by atoms with Crippen molar-refractivity contribution in [2.45, 2.75) is 44.6 Å². The minimum Gasteiger partial charge on any atom is -0.377 e. The molecule has 1 aromatic rings. The minimum absolute atomic E-state index is 0.208. The molecule has 0 saturated carbocycles. The van der Waals surface area contributed by atoms with E-state index in [2.05, 4.69) is 10.4 Å². The SMILES string of the molecule is CC(NCCn1cc(C(F)(F)F)cn1)C1CCCO1. The van der Waals surface area contributed by atoms with Crippen molar-refractivity contribution in [2.75, 3.05) is 13.2 Å². The third-order valence-corrected chi connectivity index (χ3v) is 3.29. The fourth-order valence-electron chi connectivity index (χ4n) is 2.17. The first-order valence-corrected chi connectivity index (χ1v) is 6.41. The molecule has 7 heteroatoms. The Morgan fingerprint density at radius 1 is 1.58 bits per heavy atom. The molecule has 19 heavy (non-hydrogen) atoms. The van der Waals surface area contributed by atoms with Gasteiger partial charge in [-0.2, -0.15) is 18.3 Å². The molecule has 0 aromatic carbocycles. The molecule has 0 aliphatic carbocycles. The average Bonchev–Trinajstić information content (AvgIpc) is 2.99. The lowest BCUT2D eigenvalue weighted by molar-refractivity contribution is -0.137. The lowest BCUT2D eigenvalue weighted by Crippen LogP contribution is -2.38. The van der Waals surface area contributed by atoms with E-state index in [1.807, 2.05) is 6.92 Å². The Morgan fingerprint density at radius 3 is 2.95 bits per heavy atom. The van der Waals surface area contributed by atoms with Gasteiger partial charge in [-0.05, 0) is 19.8 Å². The molecule has 0 spiro atoms. The summed E-state index contributed by atoms with van der Waals surface area (Å²) in [5.74, 6) is 0. The lowest BCUT2D eigenvalue weighted by atomic mass is 10.1. The molecular weight excluding hydrogens is 259 g/mol. The van der Waals surface area contributed by atoms with Crippen LogP contribution in [-0.4, -0.2) is 35.1 Å². The van der Waals surface area contributed by atoms with Gasteiger partial charge in [0.1, 0.15) is 0 Å². The maximum Gasteiger partial charge on any atom is 0.419 e. The van der Waals surface area contributed by atoms with E-state index in [0.717, 1.165) is 31.8 Å². The second-order valence-corrected chi connectivity index (χ2v) is 4.78. The monoisotopic (exact) mass is 277 g/mol. The Hall–Kier alpha value is -1.08. The number of halogens is 3. The maximum atomic E-state index is 12.4. The van der Waals surface area contributed by atoms with Crippen molar-refractivity contribution in [1.82, 2.24) is 15.1 Å². The van der Waals surface area contributed by atoms with Gasteiger partial charge in [0, 0.05) is 25.4 Å². The molecule has 1 aliphatic rings. The largest absolute Gasteiger partial charge is 0.419 e. The van der Waals surface area contributed by atoms with Gasteiger partial charge in [0.15, 0.2) is 0 Å². The normalized spacial score (nSPS) is 21.8. The van der Waals surface area contributed by atoms with E-state index in [4.69, 9.17) is 4.74 Å². The Kier molecular flexibility index (Phi) is 4.46. The number of alkyl halides is 3. The summed E-state index contributed by atoms with van der Waals surface area (Å²) in [6.07, 6.45) is -0.124. The van der Waals surface area contributed by atoms with Gasteiger partial charge in [0.05, 0.1) is 24.4 Å². The van der Waals surface area contributed by atoms with Gasteiger partial charge in [-0.25, -0.2) is 0 Å². The second kappa shape index (κ2) is 5.92. The van der Waals surface area contributed by atoms with Gasteiger partial charge >= 0.3 is 6.18 Å². The highest BCUT2D eigenvalue weighted by Gasteiger charge is 2.32. The van der Waals surface area contributed by atoms with Crippen molar-refractivity contribution >= 4 is 0 Å². The van der Waals surface area contributed by atoms with Crippen molar-refractivity contribution in [2.24, 2.45) is 0 Å². The van der Waals surface area contributed by atoms with Crippen molar-refractivity contribution < 1.29 is 17.9 Å². The molecule has 4 nitrogen and oxygen atoms in total. The number of rotatable bonds is 5. The summed E-state index contributed by atoms with van der Waals surface area (Å²) in [5.41, 5.74) is -0.709. The molecule has 2 atom stereocenters. The molecule has 0 radical (unpaired) electrons. The number of nitrogens with zero attached hydrogens (tertiary/aromatic N) is 2. The summed E-state index contributed by atoms with van der Waals surface area (Å²) >= 11 is 0. The summed E-state index contributed by atoms with van der Waals surface area (Å²) in [6.45, 7) is 3.80. The highest BCUT2D eigenvalue weighted by Crippen LogP contribution is 2.28. The predicted molar refractivity (Wildman–Crippen MR) is 63.7 cm³/mol. The van der Waals surface area contributed by atoms with E-state index in [1.54, 1.807) is 0 Å². The summed E-state index contributed by atoms with van der Waals surface area (Å²) < 4.78 is 43.9. The smallest absolute Gasteiger partial charge is 0.377 e. The standard InChI is InChI=1S/C12H18F3N3O/c1-9(11-3-2-6-19-11)16-4-5-18-8-10(7-17-18)12(13,14)15/h7-9,11,16H,2-6H2,1H3. The van der Waals surface area contributed by atoms with Crippen LogP contribution in [0.1, 0.15) is 25.3 Å².